The van der Waals surface area contributed by atoms with Crippen molar-refractivity contribution in [1.82, 2.24) is 4.90 Å². The molecule has 12 heavy (non-hydrogen) atoms. The molecule has 3 nitrogen and oxygen atoms in total. The van der Waals surface area contributed by atoms with Gasteiger partial charge in [-0.1, -0.05) is 0 Å². The minimum absolute atomic E-state index is 0.108. The smallest absolute Gasteiger partial charge is 0.251 e. The summed E-state index contributed by atoms with van der Waals surface area (Å²) in [5.41, 5.74) is 0. The Morgan fingerprint density at radius 2 is 2.00 bits per heavy atom. The van der Waals surface area contributed by atoms with Gasteiger partial charge >= 0.3 is 0 Å². The highest BCUT2D eigenvalue weighted by Gasteiger charge is 2.29. The predicted octanol–water partition coefficient (Wildman–Crippen LogP) is 0.788. The van der Waals surface area contributed by atoms with Crippen LogP contribution in [0.4, 0.5) is 0 Å². The number of likely N-dealkylation sites (tertiary alicyclic amines) is 1. The van der Waals surface area contributed by atoms with E-state index in [9.17, 15) is 4.79 Å². The molecule has 0 aromatic rings. The van der Waals surface area contributed by atoms with E-state index in [0.29, 0.717) is 0 Å². The fourth-order valence-corrected chi connectivity index (χ4v) is 1.91. The summed E-state index contributed by atoms with van der Waals surface area (Å²) in [6.07, 6.45) is 4.19. The van der Waals surface area contributed by atoms with Gasteiger partial charge in [0, 0.05) is 19.7 Å². The fraction of sp³-hybridized carbons (Fsp3) is 0.889. The molecule has 0 N–H and O–H groups in total. The van der Waals surface area contributed by atoms with Gasteiger partial charge in [0.1, 0.15) is 6.10 Å². The minimum Gasteiger partial charge on any atom is -0.368 e. The lowest BCUT2D eigenvalue weighted by Crippen LogP contribution is -2.36. The normalized spacial score (nSPS) is 29.7. The van der Waals surface area contributed by atoms with Crippen molar-refractivity contribution in [3.63, 3.8) is 0 Å². The van der Waals surface area contributed by atoms with Crippen molar-refractivity contribution in [3.8, 4) is 0 Å². The first-order valence-electron chi connectivity index (χ1n) is 4.78. The molecule has 2 aliphatic heterocycles. The second-order valence-corrected chi connectivity index (χ2v) is 3.53. The molecule has 0 bridgehead atoms. The summed E-state index contributed by atoms with van der Waals surface area (Å²) in [6, 6.07) is 0. The van der Waals surface area contributed by atoms with E-state index >= 15 is 0 Å². The molecule has 0 saturated carbocycles. The lowest BCUT2D eigenvalue weighted by Gasteiger charge is -2.18. The molecule has 0 spiro atoms. The Morgan fingerprint density at radius 3 is 2.58 bits per heavy atom. The van der Waals surface area contributed by atoms with E-state index in [-0.39, 0.29) is 12.0 Å². The molecular weight excluding hydrogens is 154 g/mol. The van der Waals surface area contributed by atoms with Gasteiger partial charge in [0.05, 0.1) is 0 Å². The molecule has 2 heterocycles. The monoisotopic (exact) mass is 169 g/mol. The molecule has 0 radical (unpaired) electrons. The maximum absolute atomic E-state index is 11.6. The first-order chi connectivity index (χ1) is 5.88. The van der Waals surface area contributed by atoms with Gasteiger partial charge in [0.2, 0.25) is 0 Å². The maximum Gasteiger partial charge on any atom is 0.251 e. The topological polar surface area (TPSA) is 29.5 Å². The Kier molecular flexibility index (Phi) is 2.30. The molecule has 2 aliphatic rings. The average molecular weight is 169 g/mol. The van der Waals surface area contributed by atoms with E-state index in [2.05, 4.69) is 0 Å². The summed E-state index contributed by atoms with van der Waals surface area (Å²) in [5.74, 6) is 0.227. The van der Waals surface area contributed by atoms with Crippen molar-refractivity contribution in [2.75, 3.05) is 19.7 Å². The number of amides is 1. The lowest BCUT2D eigenvalue weighted by atomic mass is 10.2. The van der Waals surface area contributed by atoms with Gasteiger partial charge in [0.25, 0.3) is 5.91 Å². The van der Waals surface area contributed by atoms with Crippen LogP contribution in [0, 0.1) is 0 Å². The summed E-state index contributed by atoms with van der Waals surface area (Å²) in [6.45, 7) is 2.65. The van der Waals surface area contributed by atoms with Gasteiger partial charge in [-0.15, -0.1) is 0 Å². The second kappa shape index (κ2) is 3.44. The Morgan fingerprint density at radius 1 is 1.25 bits per heavy atom. The maximum atomic E-state index is 11.6. The van der Waals surface area contributed by atoms with E-state index in [1.165, 1.54) is 12.8 Å². The van der Waals surface area contributed by atoms with Crippen LogP contribution in [-0.2, 0) is 9.53 Å². The molecule has 0 aromatic heterocycles. The second-order valence-electron chi connectivity index (χ2n) is 3.53. The third-order valence-electron chi connectivity index (χ3n) is 2.62. The highest BCUT2D eigenvalue weighted by Crippen LogP contribution is 2.17. The summed E-state index contributed by atoms with van der Waals surface area (Å²) < 4.78 is 5.34. The van der Waals surface area contributed by atoms with Crippen LogP contribution in [0.1, 0.15) is 25.7 Å². The van der Waals surface area contributed by atoms with Gasteiger partial charge in [-0.3, -0.25) is 4.79 Å². The molecule has 2 rings (SSSR count). The van der Waals surface area contributed by atoms with E-state index in [4.69, 9.17) is 4.74 Å². The number of ether oxygens (including phenoxy) is 1. The van der Waals surface area contributed by atoms with Crippen LogP contribution < -0.4 is 0 Å². The predicted molar refractivity (Wildman–Crippen MR) is 44.8 cm³/mol. The Bertz CT molecular complexity index is 151. The molecule has 0 aromatic carbocycles. The van der Waals surface area contributed by atoms with Crippen LogP contribution >= 0.6 is 0 Å². The van der Waals surface area contributed by atoms with Crippen LogP contribution in [-0.4, -0.2) is 36.6 Å². The molecule has 2 fully saturated rings. The molecule has 2 saturated heterocycles. The Balaban J connectivity index is 1.89. The summed E-state index contributed by atoms with van der Waals surface area (Å²) >= 11 is 0. The van der Waals surface area contributed by atoms with Crippen LogP contribution in [0.15, 0.2) is 0 Å². The molecule has 68 valence electrons. The fourth-order valence-electron chi connectivity index (χ4n) is 1.91. The Hall–Kier alpha value is -0.570. The van der Waals surface area contributed by atoms with Crippen molar-refractivity contribution in [2.45, 2.75) is 31.8 Å². The van der Waals surface area contributed by atoms with Gasteiger partial charge in [-0.25, -0.2) is 0 Å². The molecule has 3 heteroatoms. The van der Waals surface area contributed by atoms with Crippen LogP contribution in [0.3, 0.4) is 0 Å². The zero-order chi connectivity index (χ0) is 8.39. The summed E-state index contributed by atoms with van der Waals surface area (Å²) in [7, 11) is 0. The third-order valence-corrected chi connectivity index (χ3v) is 2.62. The number of nitrogens with zero attached hydrogens (tertiary/aromatic N) is 1. The minimum atomic E-state index is -0.108. The zero-order valence-electron chi connectivity index (χ0n) is 7.29. The quantitative estimate of drug-likeness (QED) is 0.580. The number of carbonyl (C=O) groups is 1. The van der Waals surface area contributed by atoms with Crippen molar-refractivity contribution < 1.29 is 9.53 Å². The summed E-state index contributed by atoms with van der Waals surface area (Å²) in [4.78, 5) is 13.6. The average Bonchev–Trinajstić information content (AvgIpc) is 2.77. The number of rotatable bonds is 1. The van der Waals surface area contributed by atoms with E-state index in [1.807, 2.05) is 4.90 Å². The van der Waals surface area contributed by atoms with E-state index < -0.39 is 0 Å². The highest BCUT2D eigenvalue weighted by atomic mass is 16.5. The van der Waals surface area contributed by atoms with Gasteiger partial charge < -0.3 is 9.64 Å². The zero-order valence-corrected chi connectivity index (χ0v) is 7.29. The lowest BCUT2D eigenvalue weighted by molar-refractivity contribution is -0.139. The highest BCUT2D eigenvalue weighted by molar-refractivity contribution is 5.81. The van der Waals surface area contributed by atoms with Gasteiger partial charge in [-0.2, -0.15) is 0 Å². The standard InChI is InChI=1S/C9H15NO2/c11-9(8-4-3-7-12-8)10-5-1-2-6-10/h8H,1-7H2/t8-/m0/s1. The van der Waals surface area contributed by atoms with E-state index in [0.717, 1.165) is 32.5 Å². The number of carbonyl (C=O) groups excluding carboxylic acids is 1. The van der Waals surface area contributed by atoms with Gasteiger partial charge in [0.15, 0.2) is 0 Å². The number of hydrogen-bond acceptors (Lipinski definition) is 2. The molecule has 1 atom stereocenters. The SMILES string of the molecule is O=C([C@@H]1CCCO1)N1CCCC1. The Labute approximate surface area is 72.7 Å². The first kappa shape index (κ1) is 8.05. The van der Waals surface area contributed by atoms with Gasteiger partial charge in [-0.05, 0) is 25.7 Å². The van der Waals surface area contributed by atoms with Crippen LogP contribution in [0.5, 0.6) is 0 Å². The third kappa shape index (κ3) is 1.46. The first-order valence-corrected chi connectivity index (χ1v) is 4.78. The van der Waals surface area contributed by atoms with Crippen LogP contribution in [0.25, 0.3) is 0 Å². The van der Waals surface area contributed by atoms with Crippen molar-refractivity contribution in [3.05, 3.63) is 0 Å². The molecule has 1 amide bonds. The van der Waals surface area contributed by atoms with E-state index in [1.54, 1.807) is 0 Å². The number of hydrogen-bond donors (Lipinski definition) is 0. The van der Waals surface area contributed by atoms with Crippen molar-refractivity contribution >= 4 is 5.91 Å². The molecule has 0 aliphatic carbocycles. The summed E-state index contributed by atoms with van der Waals surface area (Å²) in [5, 5.41) is 0. The van der Waals surface area contributed by atoms with Crippen molar-refractivity contribution in [2.24, 2.45) is 0 Å². The largest absolute Gasteiger partial charge is 0.368 e. The molecule has 0 unspecified atom stereocenters. The molecular formula is C9H15NO2. The van der Waals surface area contributed by atoms with Crippen LogP contribution in [0.2, 0.25) is 0 Å². The van der Waals surface area contributed by atoms with Crippen molar-refractivity contribution in [1.29, 1.82) is 0 Å².